The van der Waals surface area contributed by atoms with Crippen LogP contribution in [0.1, 0.15) is 18.4 Å². The summed E-state index contributed by atoms with van der Waals surface area (Å²) in [6.45, 7) is 3.99. The summed E-state index contributed by atoms with van der Waals surface area (Å²) in [4.78, 5) is 12.6. The largest absolute Gasteiger partial charge is 0.492 e. The standard InChI is InChI=1S/C15H20N6O/c1-10-8-18-15(20-12-5-3-7-17-14(12)22)21-13(10)19-11-4-2-6-16-9-11/h3,5,7-8,11,16H,2,4,6,9H2,1H3,(H,17,22)(H2,18,19,20,21). The average Bonchev–Trinajstić information content (AvgIpc) is 2.54. The van der Waals surface area contributed by atoms with Crippen molar-refractivity contribution in [2.24, 2.45) is 0 Å². The van der Waals surface area contributed by atoms with E-state index in [9.17, 15) is 5.11 Å². The molecule has 1 fully saturated rings. The number of piperidine rings is 1. The Morgan fingerprint density at radius 1 is 1.36 bits per heavy atom. The Kier molecular flexibility index (Phi) is 4.34. The summed E-state index contributed by atoms with van der Waals surface area (Å²) in [7, 11) is 0. The number of rotatable bonds is 4. The van der Waals surface area contributed by atoms with Gasteiger partial charge in [0.05, 0.1) is 0 Å². The number of hydrogen-bond donors (Lipinski definition) is 4. The van der Waals surface area contributed by atoms with Crippen LogP contribution in [0.2, 0.25) is 0 Å². The number of aryl methyl sites for hydroxylation is 1. The molecular formula is C15H20N6O. The summed E-state index contributed by atoms with van der Waals surface area (Å²) in [5.74, 6) is 1.17. The van der Waals surface area contributed by atoms with Gasteiger partial charge in [0.2, 0.25) is 11.8 Å². The highest BCUT2D eigenvalue weighted by Crippen LogP contribution is 2.23. The van der Waals surface area contributed by atoms with Crippen LogP contribution in [-0.4, -0.2) is 39.2 Å². The van der Waals surface area contributed by atoms with Crippen LogP contribution in [0.25, 0.3) is 0 Å². The Morgan fingerprint density at radius 2 is 2.27 bits per heavy atom. The van der Waals surface area contributed by atoms with Gasteiger partial charge in [0.25, 0.3) is 0 Å². The molecule has 22 heavy (non-hydrogen) atoms. The molecule has 0 saturated carbocycles. The minimum absolute atomic E-state index is 0.0716. The lowest BCUT2D eigenvalue weighted by atomic mass is 10.1. The first kappa shape index (κ1) is 14.5. The third-order valence-corrected chi connectivity index (χ3v) is 3.64. The topological polar surface area (TPSA) is 95.0 Å². The third kappa shape index (κ3) is 3.43. The molecule has 0 aliphatic carbocycles. The maximum atomic E-state index is 9.70. The molecule has 1 unspecified atom stereocenters. The summed E-state index contributed by atoms with van der Waals surface area (Å²) < 4.78 is 0. The van der Waals surface area contributed by atoms with Crippen molar-refractivity contribution in [3.05, 3.63) is 30.1 Å². The first-order valence-electron chi connectivity index (χ1n) is 7.44. The molecule has 1 saturated heterocycles. The van der Waals surface area contributed by atoms with Crippen molar-refractivity contribution in [2.75, 3.05) is 23.7 Å². The molecule has 0 spiro atoms. The summed E-state index contributed by atoms with van der Waals surface area (Å²) in [5, 5.41) is 19.5. The summed E-state index contributed by atoms with van der Waals surface area (Å²) in [6.07, 6.45) is 5.58. The van der Waals surface area contributed by atoms with Gasteiger partial charge < -0.3 is 21.1 Å². The molecule has 7 nitrogen and oxygen atoms in total. The molecule has 3 rings (SSSR count). The van der Waals surface area contributed by atoms with Gasteiger partial charge in [0, 0.05) is 30.5 Å². The van der Waals surface area contributed by atoms with Gasteiger partial charge in [0.15, 0.2) is 0 Å². The van der Waals surface area contributed by atoms with Gasteiger partial charge in [-0.3, -0.25) is 0 Å². The molecule has 1 aliphatic heterocycles. The summed E-state index contributed by atoms with van der Waals surface area (Å²) >= 11 is 0. The fourth-order valence-electron chi connectivity index (χ4n) is 2.43. The molecule has 0 amide bonds. The summed E-state index contributed by atoms with van der Waals surface area (Å²) in [6, 6.07) is 3.84. The van der Waals surface area contributed by atoms with Crippen molar-refractivity contribution in [1.82, 2.24) is 20.3 Å². The van der Waals surface area contributed by atoms with Crippen LogP contribution in [0.5, 0.6) is 5.88 Å². The van der Waals surface area contributed by atoms with Crippen molar-refractivity contribution in [3.63, 3.8) is 0 Å². The van der Waals surface area contributed by atoms with E-state index in [1.54, 1.807) is 18.3 Å². The molecule has 0 radical (unpaired) electrons. The molecule has 3 heterocycles. The minimum Gasteiger partial charge on any atom is -0.492 e. The molecule has 1 atom stereocenters. The van der Waals surface area contributed by atoms with Crippen LogP contribution in [0.3, 0.4) is 0 Å². The second kappa shape index (κ2) is 6.57. The molecule has 2 aromatic rings. The van der Waals surface area contributed by atoms with Gasteiger partial charge in [0.1, 0.15) is 11.5 Å². The Balaban J connectivity index is 1.76. The van der Waals surface area contributed by atoms with E-state index in [0.717, 1.165) is 37.3 Å². The summed E-state index contributed by atoms with van der Waals surface area (Å²) in [5.41, 5.74) is 1.48. The predicted octanol–water partition coefficient (Wildman–Crippen LogP) is 1.79. The van der Waals surface area contributed by atoms with Gasteiger partial charge in [-0.25, -0.2) is 9.97 Å². The minimum atomic E-state index is -0.0716. The fourth-order valence-corrected chi connectivity index (χ4v) is 2.43. The molecule has 7 heteroatoms. The van der Waals surface area contributed by atoms with Crippen molar-refractivity contribution in [3.8, 4) is 5.88 Å². The highest BCUT2D eigenvalue weighted by molar-refractivity contribution is 5.60. The monoisotopic (exact) mass is 300 g/mol. The SMILES string of the molecule is Cc1cnc(Nc2cccnc2O)nc1NC1CCCNC1. The second-order valence-corrected chi connectivity index (χ2v) is 5.41. The zero-order chi connectivity index (χ0) is 15.4. The first-order chi connectivity index (χ1) is 10.7. The Hall–Kier alpha value is -2.41. The van der Waals surface area contributed by atoms with Crippen LogP contribution in [0.15, 0.2) is 24.5 Å². The highest BCUT2D eigenvalue weighted by Gasteiger charge is 2.15. The molecule has 4 N–H and O–H groups in total. The molecule has 2 aromatic heterocycles. The van der Waals surface area contributed by atoms with E-state index in [0.29, 0.717) is 17.7 Å². The van der Waals surface area contributed by atoms with Crippen molar-refractivity contribution >= 4 is 17.5 Å². The molecule has 0 aromatic carbocycles. The highest BCUT2D eigenvalue weighted by atomic mass is 16.3. The van der Waals surface area contributed by atoms with Crippen LogP contribution >= 0.6 is 0 Å². The number of nitrogens with one attached hydrogen (secondary N) is 3. The smallest absolute Gasteiger partial charge is 0.235 e. The number of pyridine rings is 1. The van der Waals surface area contributed by atoms with E-state index in [1.807, 2.05) is 6.92 Å². The van der Waals surface area contributed by atoms with E-state index in [4.69, 9.17) is 0 Å². The zero-order valence-electron chi connectivity index (χ0n) is 12.5. The molecule has 0 bridgehead atoms. The predicted molar refractivity (Wildman–Crippen MR) is 85.5 cm³/mol. The first-order valence-corrected chi connectivity index (χ1v) is 7.44. The lowest BCUT2D eigenvalue weighted by molar-refractivity contribution is 0.456. The van der Waals surface area contributed by atoms with Gasteiger partial charge in [-0.15, -0.1) is 0 Å². The number of hydrogen-bond acceptors (Lipinski definition) is 7. The van der Waals surface area contributed by atoms with Crippen LogP contribution in [0, 0.1) is 6.92 Å². The number of aromatic nitrogens is 3. The van der Waals surface area contributed by atoms with Gasteiger partial charge in [-0.1, -0.05) is 0 Å². The number of anilines is 3. The van der Waals surface area contributed by atoms with Crippen LogP contribution < -0.4 is 16.0 Å². The fraction of sp³-hybridized carbons (Fsp3) is 0.400. The molecule has 116 valence electrons. The van der Waals surface area contributed by atoms with E-state index < -0.39 is 0 Å². The van der Waals surface area contributed by atoms with E-state index >= 15 is 0 Å². The normalized spacial score (nSPS) is 18.0. The maximum absolute atomic E-state index is 9.70. The zero-order valence-corrected chi connectivity index (χ0v) is 12.5. The van der Waals surface area contributed by atoms with E-state index in [-0.39, 0.29) is 5.88 Å². The van der Waals surface area contributed by atoms with Gasteiger partial charge >= 0.3 is 0 Å². The average molecular weight is 300 g/mol. The maximum Gasteiger partial charge on any atom is 0.235 e. The van der Waals surface area contributed by atoms with Crippen molar-refractivity contribution in [1.29, 1.82) is 0 Å². The van der Waals surface area contributed by atoms with Crippen LogP contribution in [-0.2, 0) is 0 Å². The Morgan fingerprint density at radius 3 is 3.05 bits per heavy atom. The molecular weight excluding hydrogens is 280 g/mol. The Labute approximate surface area is 129 Å². The lowest BCUT2D eigenvalue weighted by Crippen LogP contribution is -2.38. The van der Waals surface area contributed by atoms with Crippen molar-refractivity contribution in [2.45, 2.75) is 25.8 Å². The van der Waals surface area contributed by atoms with Crippen LogP contribution in [0.4, 0.5) is 17.5 Å². The van der Waals surface area contributed by atoms with E-state index in [2.05, 4.69) is 30.9 Å². The number of aromatic hydroxyl groups is 1. The third-order valence-electron chi connectivity index (χ3n) is 3.64. The lowest BCUT2D eigenvalue weighted by Gasteiger charge is -2.25. The number of nitrogens with zero attached hydrogens (tertiary/aromatic N) is 3. The Bertz CT molecular complexity index is 642. The molecule has 1 aliphatic rings. The quantitative estimate of drug-likeness (QED) is 0.684. The van der Waals surface area contributed by atoms with Gasteiger partial charge in [-0.2, -0.15) is 4.98 Å². The second-order valence-electron chi connectivity index (χ2n) is 5.41. The van der Waals surface area contributed by atoms with Gasteiger partial charge in [-0.05, 0) is 38.4 Å². The van der Waals surface area contributed by atoms with E-state index in [1.165, 1.54) is 6.20 Å². The van der Waals surface area contributed by atoms with Crippen molar-refractivity contribution < 1.29 is 5.11 Å².